The molecule has 0 aliphatic carbocycles. The summed E-state index contributed by atoms with van der Waals surface area (Å²) in [7, 11) is 3.00. The highest BCUT2D eigenvalue weighted by molar-refractivity contribution is 5.89. The lowest BCUT2D eigenvalue weighted by atomic mass is 10.1. The van der Waals surface area contributed by atoms with Crippen molar-refractivity contribution in [2.75, 3.05) is 26.1 Å². The van der Waals surface area contributed by atoms with Crippen LogP contribution in [0.25, 0.3) is 0 Å². The van der Waals surface area contributed by atoms with Crippen molar-refractivity contribution in [1.29, 1.82) is 0 Å². The lowest BCUT2D eigenvalue weighted by molar-refractivity contribution is -0.119. The van der Waals surface area contributed by atoms with Crippen LogP contribution in [0.3, 0.4) is 0 Å². The number of hydrogen-bond acceptors (Lipinski definition) is 6. The van der Waals surface area contributed by atoms with Gasteiger partial charge in [0, 0.05) is 6.54 Å². The van der Waals surface area contributed by atoms with E-state index in [9.17, 15) is 9.59 Å². The first-order valence-electron chi connectivity index (χ1n) is 7.67. The molecule has 138 valence electrons. The number of carboxylic acids is 1. The largest absolute Gasteiger partial charge is 0.495 e. The number of hydrogen-bond donors (Lipinski definition) is 3. The number of amides is 1. The summed E-state index contributed by atoms with van der Waals surface area (Å²) in [5.74, 6) is -0.211. The lowest BCUT2D eigenvalue weighted by Gasteiger charge is -2.14. The van der Waals surface area contributed by atoms with Crippen LogP contribution in [0, 0.1) is 0 Å². The van der Waals surface area contributed by atoms with Crippen LogP contribution in [0.1, 0.15) is 15.9 Å². The summed E-state index contributed by atoms with van der Waals surface area (Å²) in [5.41, 5.74) is 6.63. The van der Waals surface area contributed by atoms with Gasteiger partial charge in [0.2, 0.25) is 0 Å². The number of primary amides is 1. The van der Waals surface area contributed by atoms with Gasteiger partial charge in [0.05, 0.1) is 25.5 Å². The SMILES string of the molecule is COc1ccc(C(=O)O)cc1NCc1ccc(OCC(N)=O)c(OC)c1. The van der Waals surface area contributed by atoms with Gasteiger partial charge in [-0.1, -0.05) is 6.07 Å². The first-order valence-corrected chi connectivity index (χ1v) is 7.67. The third kappa shape index (κ3) is 4.79. The Hall–Kier alpha value is -3.42. The van der Waals surface area contributed by atoms with Gasteiger partial charge < -0.3 is 30.4 Å². The second-order valence-corrected chi connectivity index (χ2v) is 5.31. The topological polar surface area (TPSA) is 120 Å². The standard InChI is InChI=1S/C18H20N2O6/c1-24-14-6-4-12(18(22)23)8-13(14)20-9-11-3-5-15(16(7-11)25-2)26-10-17(19)21/h3-8,20H,9-10H2,1-2H3,(H2,19,21)(H,22,23). The molecule has 0 aliphatic heterocycles. The van der Waals surface area contributed by atoms with Crippen LogP contribution in [-0.4, -0.2) is 37.8 Å². The Bertz CT molecular complexity index is 806. The van der Waals surface area contributed by atoms with Crippen LogP contribution < -0.4 is 25.3 Å². The van der Waals surface area contributed by atoms with E-state index in [2.05, 4.69) is 5.32 Å². The van der Waals surface area contributed by atoms with Gasteiger partial charge in [-0.15, -0.1) is 0 Å². The molecule has 0 saturated heterocycles. The molecule has 0 saturated carbocycles. The molecule has 4 N–H and O–H groups in total. The number of aromatic carboxylic acids is 1. The van der Waals surface area contributed by atoms with Gasteiger partial charge in [-0.2, -0.15) is 0 Å². The smallest absolute Gasteiger partial charge is 0.335 e. The van der Waals surface area contributed by atoms with Crippen molar-refractivity contribution in [2.24, 2.45) is 5.73 Å². The van der Waals surface area contributed by atoms with Crippen molar-refractivity contribution in [1.82, 2.24) is 0 Å². The maximum absolute atomic E-state index is 11.1. The van der Waals surface area contributed by atoms with Gasteiger partial charge in [0.1, 0.15) is 5.75 Å². The molecule has 0 aromatic heterocycles. The van der Waals surface area contributed by atoms with Crippen LogP contribution in [0.4, 0.5) is 5.69 Å². The second kappa shape index (κ2) is 8.61. The van der Waals surface area contributed by atoms with Crippen LogP contribution >= 0.6 is 0 Å². The third-order valence-corrected chi connectivity index (χ3v) is 3.53. The number of ether oxygens (including phenoxy) is 3. The molecule has 1 amide bonds. The van der Waals surface area contributed by atoms with Gasteiger partial charge >= 0.3 is 5.97 Å². The molecule has 26 heavy (non-hydrogen) atoms. The molecule has 0 heterocycles. The van der Waals surface area contributed by atoms with E-state index in [4.69, 9.17) is 25.1 Å². The summed E-state index contributed by atoms with van der Waals surface area (Å²) in [5, 5.41) is 12.3. The van der Waals surface area contributed by atoms with E-state index in [1.165, 1.54) is 26.4 Å². The Morgan fingerprint density at radius 1 is 1.04 bits per heavy atom. The molecule has 0 spiro atoms. The molecule has 8 heteroatoms. The van der Waals surface area contributed by atoms with Crippen LogP contribution in [0.15, 0.2) is 36.4 Å². The van der Waals surface area contributed by atoms with Crippen molar-refractivity contribution in [3.8, 4) is 17.2 Å². The van der Waals surface area contributed by atoms with E-state index >= 15 is 0 Å². The fraction of sp³-hybridized carbons (Fsp3) is 0.222. The molecule has 0 atom stereocenters. The molecule has 0 bridgehead atoms. The minimum absolute atomic E-state index is 0.154. The molecular weight excluding hydrogens is 340 g/mol. The molecule has 8 nitrogen and oxygen atoms in total. The highest BCUT2D eigenvalue weighted by Gasteiger charge is 2.10. The monoisotopic (exact) mass is 360 g/mol. The Labute approximate surface area is 150 Å². The van der Waals surface area contributed by atoms with Gasteiger partial charge in [0.15, 0.2) is 18.1 Å². The summed E-state index contributed by atoms with van der Waals surface area (Å²) in [6.45, 7) is 0.152. The van der Waals surface area contributed by atoms with Crippen LogP contribution in [-0.2, 0) is 11.3 Å². The number of anilines is 1. The van der Waals surface area contributed by atoms with Crippen molar-refractivity contribution < 1.29 is 28.9 Å². The van der Waals surface area contributed by atoms with Gasteiger partial charge in [-0.05, 0) is 35.9 Å². The Morgan fingerprint density at radius 3 is 2.35 bits per heavy atom. The minimum atomic E-state index is -1.02. The number of rotatable bonds is 9. The average molecular weight is 360 g/mol. The van der Waals surface area contributed by atoms with E-state index in [1.54, 1.807) is 24.3 Å². The molecule has 2 aromatic rings. The molecule has 0 radical (unpaired) electrons. The van der Waals surface area contributed by atoms with Crippen LogP contribution in [0.2, 0.25) is 0 Å². The summed E-state index contributed by atoms with van der Waals surface area (Å²) < 4.78 is 15.8. The highest BCUT2D eigenvalue weighted by atomic mass is 16.5. The van der Waals surface area contributed by atoms with E-state index in [0.29, 0.717) is 29.5 Å². The van der Waals surface area contributed by atoms with Gasteiger partial charge in [0.25, 0.3) is 5.91 Å². The number of nitrogens with two attached hydrogens (primary N) is 1. The maximum atomic E-state index is 11.1. The van der Waals surface area contributed by atoms with Crippen molar-refractivity contribution in [3.05, 3.63) is 47.5 Å². The Morgan fingerprint density at radius 2 is 1.73 bits per heavy atom. The number of carbonyl (C=O) groups is 2. The first-order chi connectivity index (χ1) is 12.4. The fourth-order valence-corrected chi connectivity index (χ4v) is 2.27. The number of carboxylic acid groups (broad SMARTS) is 1. The van der Waals surface area contributed by atoms with Gasteiger partial charge in [-0.25, -0.2) is 4.79 Å². The van der Waals surface area contributed by atoms with Gasteiger partial charge in [-0.3, -0.25) is 4.79 Å². The van der Waals surface area contributed by atoms with E-state index < -0.39 is 11.9 Å². The summed E-state index contributed by atoms with van der Waals surface area (Å²) in [6.07, 6.45) is 0. The second-order valence-electron chi connectivity index (χ2n) is 5.31. The maximum Gasteiger partial charge on any atom is 0.335 e. The quantitative estimate of drug-likeness (QED) is 0.624. The Balaban J connectivity index is 2.15. The number of nitrogens with one attached hydrogen (secondary N) is 1. The van der Waals surface area contributed by atoms with E-state index in [0.717, 1.165) is 5.56 Å². The third-order valence-electron chi connectivity index (χ3n) is 3.53. The summed E-state index contributed by atoms with van der Waals surface area (Å²) >= 11 is 0. The lowest BCUT2D eigenvalue weighted by Crippen LogP contribution is -2.20. The Kier molecular flexibility index (Phi) is 6.26. The summed E-state index contributed by atoms with van der Waals surface area (Å²) in [6, 6.07) is 9.77. The zero-order valence-corrected chi connectivity index (χ0v) is 14.4. The average Bonchev–Trinajstić information content (AvgIpc) is 2.64. The summed E-state index contributed by atoms with van der Waals surface area (Å²) in [4.78, 5) is 22.0. The van der Waals surface area contributed by atoms with Crippen LogP contribution in [0.5, 0.6) is 17.2 Å². The van der Waals surface area contributed by atoms with Crippen molar-refractivity contribution in [3.63, 3.8) is 0 Å². The zero-order valence-electron chi connectivity index (χ0n) is 14.4. The molecule has 0 fully saturated rings. The van der Waals surface area contributed by atoms with Crippen molar-refractivity contribution >= 4 is 17.6 Å². The minimum Gasteiger partial charge on any atom is -0.495 e. The molecule has 2 rings (SSSR count). The van der Waals surface area contributed by atoms with Crippen molar-refractivity contribution in [2.45, 2.75) is 6.54 Å². The first kappa shape index (κ1) is 18.9. The molecule has 2 aromatic carbocycles. The predicted molar refractivity (Wildman–Crippen MR) is 95.0 cm³/mol. The zero-order chi connectivity index (χ0) is 19.1. The highest BCUT2D eigenvalue weighted by Crippen LogP contribution is 2.30. The number of benzene rings is 2. The molecule has 0 aliphatic rings. The van der Waals surface area contributed by atoms with E-state index in [1.807, 2.05) is 0 Å². The molecular formula is C18H20N2O6. The van der Waals surface area contributed by atoms with E-state index in [-0.39, 0.29) is 12.2 Å². The predicted octanol–water partition coefficient (Wildman–Crippen LogP) is 1.88. The number of carbonyl (C=O) groups excluding carboxylic acids is 1. The normalized spacial score (nSPS) is 10.1. The number of methoxy groups -OCH3 is 2. The fourth-order valence-electron chi connectivity index (χ4n) is 2.27. The molecule has 0 unspecified atom stereocenters.